The van der Waals surface area contributed by atoms with E-state index < -0.39 is 15.9 Å². The van der Waals surface area contributed by atoms with E-state index in [1.807, 2.05) is 39.0 Å². The fraction of sp³-hybridized carbons (Fsp3) is 0.381. The molecule has 1 aliphatic rings. The molecule has 1 N–H and O–H groups in total. The largest absolute Gasteiger partial charge is 0.486 e. The van der Waals surface area contributed by atoms with Crippen LogP contribution in [0.15, 0.2) is 41.3 Å². The highest BCUT2D eigenvalue weighted by Crippen LogP contribution is 2.33. The number of sulfonamides is 1. The summed E-state index contributed by atoms with van der Waals surface area (Å²) in [7, 11) is -2.48. The third-order valence-electron chi connectivity index (χ3n) is 4.78. The Hall–Kier alpha value is -2.58. The summed E-state index contributed by atoms with van der Waals surface area (Å²) in [5.74, 6) is 0.724. The van der Waals surface area contributed by atoms with Crippen LogP contribution < -0.4 is 14.8 Å². The highest BCUT2D eigenvalue weighted by molar-refractivity contribution is 7.89. The number of nitrogens with zero attached hydrogens (tertiary/aromatic N) is 1. The Morgan fingerprint density at radius 1 is 1.14 bits per heavy atom. The summed E-state index contributed by atoms with van der Waals surface area (Å²) in [4.78, 5) is 12.7. The van der Waals surface area contributed by atoms with E-state index in [4.69, 9.17) is 9.47 Å². The molecule has 0 unspecified atom stereocenters. The number of ether oxygens (including phenoxy) is 2. The van der Waals surface area contributed by atoms with Gasteiger partial charge in [0.15, 0.2) is 11.5 Å². The van der Waals surface area contributed by atoms with Gasteiger partial charge in [0, 0.05) is 18.8 Å². The van der Waals surface area contributed by atoms with Gasteiger partial charge in [-0.05, 0) is 36.1 Å². The number of para-hydroxylation sites is 1. The smallest absolute Gasteiger partial charge is 0.243 e. The molecule has 0 aromatic heterocycles. The van der Waals surface area contributed by atoms with E-state index in [-0.39, 0.29) is 17.4 Å². The number of aryl methyl sites for hydroxylation is 1. The lowest BCUT2D eigenvalue weighted by Gasteiger charge is -2.21. The Balaban J connectivity index is 1.76. The van der Waals surface area contributed by atoms with Crippen LogP contribution in [0.4, 0.5) is 5.69 Å². The van der Waals surface area contributed by atoms with Gasteiger partial charge in [-0.25, -0.2) is 8.42 Å². The van der Waals surface area contributed by atoms with Crippen molar-refractivity contribution in [1.82, 2.24) is 4.31 Å². The summed E-state index contributed by atoms with van der Waals surface area (Å²) in [6.07, 6.45) is 0. The number of carbonyl (C=O) groups excluding carboxylic acids is 1. The number of nitrogens with one attached hydrogen (secondary N) is 1. The zero-order valence-corrected chi connectivity index (χ0v) is 17.9. The summed E-state index contributed by atoms with van der Waals surface area (Å²) in [5, 5.41) is 2.87. The number of hydrogen-bond donors (Lipinski definition) is 1. The molecule has 8 heteroatoms. The van der Waals surface area contributed by atoms with Gasteiger partial charge in [-0.2, -0.15) is 4.31 Å². The highest BCUT2D eigenvalue weighted by atomic mass is 32.2. The minimum absolute atomic E-state index is 0.0517. The first-order valence-corrected chi connectivity index (χ1v) is 10.9. The van der Waals surface area contributed by atoms with Crippen LogP contribution >= 0.6 is 0 Å². The standard InChI is InChI=1S/C21H26N2O5S/c1-14(2)17-7-5-6-15(3)21(17)22-20(24)13-23(4)29(25,26)16-8-9-18-19(12-16)28-11-10-27-18/h5-9,12,14H,10-11,13H2,1-4H3,(H,22,24). The van der Waals surface area contributed by atoms with E-state index in [9.17, 15) is 13.2 Å². The number of amides is 1. The van der Waals surface area contributed by atoms with E-state index in [1.54, 1.807) is 6.07 Å². The van der Waals surface area contributed by atoms with Crippen molar-refractivity contribution in [3.63, 3.8) is 0 Å². The molecule has 0 bridgehead atoms. The Morgan fingerprint density at radius 3 is 2.52 bits per heavy atom. The summed E-state index contributed by atoms with van der Waals surface area (Å²) in [5.41, 5.74) is 2.68. The van der Waals surface area contributed by atoms with Crippen molar-refractivity contribution in [3.05, 3.63) is 47.5 Å². The summed E-state index contributed by atoms with van der Waals surface area (Å²) in [6.45, 7) is 6.49. The summed E-state index contributed by atoms with van der Waals surface area (Å²) >= 11 is 0. The van der Waals surface area contributed by atoms with Crippen LogP contribution in [0.1, 0.15) is 30.9 Å². The van der Waals surface area contributed by atoms with Crippen molar-refractivity contribution >= 4 is 21.6 Å². The zero-order chi connectivity index (χ0) is 21.2. The van der Waals surface area contributed by atoms with E-state index in [0.717, 1.165) is 21.1 Å². The minimum Gasteiger partial charge on any atom is -0.486 e. The van der Waals surface area contributed by atoms with Crippen LogP contribution in [0.25, 0.3) is 0 Å². The maximum Gasteiger partial charge on any atom is 0.243 e. The third kappa shape index (κ3) is 4.54. The van der Waals surface area contributed by atoms with Crippen LogP contribution in [0.5, 0.6) is 11.5 Å². The Kier molecular flexibility index (Phi) is 6.14. The molecule has 2 aromatic carbocycles. The van der Waals surface area contributed by atoms with Crippen LogP contribution in [-0.4, -0.2) is 45.4 Å². The fourth-order valence-corrected chi connectivity index (χ4v) is 4.32. The second-order valence-electron chi connectivity index (χ2n) is 7.31. The van der Waals surface area contributed by atoms with Gasteiger partial charge in [0.25, 0.3) is 0 Å². The fourth-order valence-electron chi connectivity index (χ4n) is 3.17. The number of benzene rings is 2. The molecule has 1 heterocycles. The maximum absolute atomic E-state index is 12.9. The molecular weight excluding hydrogens is 392 g/mol. The lowest BCUT2D eigenvalue weighted by Crippen LogP contribution is -2.35. The molecule has 0 saturated heterocycles. The predicted octanol–water partition coefficient (Wildman–Crippen LogP) is 3.15. The Morgan fingerprint density at radius 2 is 1.83 bits per heavy atom. The highest BCUT2D eigenvalue weighted by Gasteiger charge is 2.26. The zero-order valence-electron chi connectivity index (χ0n) is 17.1. The molecule has 0 radical (unpaired) electrons. The van der Waals surface area contributed by atoms with Crippen molar-refractivity contribution < 1.29 is 22.7 Å². The SMILES string of the molecule is Cc1cccc(C(C)C)c1NC(=O)CN(C)S(=O)(=O)c1ccc2c(c1)OCCO2. The minimum atomic E-state index is -3.86. The number of rotatable bonds is 6. The number of hydrogen-bond acceptors (Lipinski definition) is 5. The van der Waals surface area contributed by atoms with Crippen molar-refractivity contribution in [3.8, 4) is 11.5 Å². The summed E-state index contributed by atoms with van der Waals surface area (Å²) in [6, 6.07) is 10.3. The van der Waals surface area contributed by atoms with Crippen molar-refractivity contribution in [2.75, 3.05) is 32.1 Å². The first kappa shape index (κ1) is 21.1. The first-order valence-electron chi connectivity index (χ1n) is 9.45. The molecule has 29 heavy (non-hydrogen) atoms. The number of carbonyl (C=O) groups is 1. The van der Waals surface area contributed by atoms with Crippen LogP contribution in [0.2, 0.25) is 0 Å². The predicted molar refractivity (Wildman–Crippen MR) is 111 cm³/mol. The molecule has 1 amide bonds. The van der Waals surface area contributed by atoms with E-state index in [0.29, 0.717) is 24.7 Å². The monoisotopic (exact) mass is 418 g/mol. The normalized spacial score (nSPS) is 13.6. The topological polar surface area (TPSA) is 84.9 Å². The second kappa shape index (κ2) is 8.42. The van der Waals surface area contributed by atoms with Gasteiger partial charge in [0.05, 0.1) is 11.4 Å². The molecule has 1 aliphatic heterocycles. The molecule has 156 valence electrons. The average molecular weight is 419 g/mol. The second-order valence-corrected chi connectivity index (χ2v) is 9.35. The quantitative estimate of drug-likeness (QED) is 0.779. The van der Waals surface area contributed by atoms with Gasteiger partial charge in [-0.1, -0.05) is 32.0 Å². The first-order chi connectivity index (χ1) is 13.7. The molecule has 0 spiro atoms. The van der Waals surface area contributed by atoms with Crippen LogP contribution in [0, 0.1) is 6.92 Å². The Labute approximate surface area is 171 Å². The molecular formula is C21H26N2O5S. The molecule has 0 aliphatic carbocycles. The molecule has 0 saturated carbocycles. The van der Waals surface area contributed by atoms with E-state index in [2.05, 4.69) is 5.32 Å². The van der Waals surface area contributed by atoms with Gasteiger partial charge in [0.2, 0.25) is 15.9 Å². The molecule has 0 fully saturated rings. The third-order valence-corrected chi connectivity index (χ3v) is 6.58. The van der Waals surface area contributed by atoms with E-state index in [1.165, 1.54) is 19.2 Å². The Bertz CT molecular complexity index is 1020. The summed E-state index contributed by atoms with van der Waals surface area (Å²) < 4.78 is 37.7. The van der Waals surface area contributed by atoms with Crippen LogP contribution in [0.3, 0.4) is 0 Å². The molecule has 7 nitrogen and oxygen atoms in total. The number of fused-ring (bicyclic) bond motifs is 1. The van der Waals surface area contributed by atoms with Gasteiger partial charge >= 0.3 is 0 Å². The molecule has 0 atom stereocenters. The van der Waals surface area contributed by atoms with Crippen molar-refractivity contribution in [2.24, 2.45) is 0 Å². The number of likely N-dealkylation sites (N-methyl/N-ethyl adjacent to an activating group) is 1. The molecule has 2 aromatic rings. The maximum atomic E-state index is 12.9. The van der Waals surface area contributed by atoms with Crippen molar-refractivity contribution in [1.29, 1.82) is 0 Å². The van der Waals surface area contributed by atoms with Gasteiger partial charge < -0.3 is 14.8 Å². The van der Waals surface area contributed by atoms with Gasteiger partial charge in [-0.15, -0.1) is 0 Å². The van der Waals surface area contributed by atoms with Gasteiger partial charge in [-0.3, -0.25) is 4.79 Å². The van der Waals surface area contributed by atoms with E-state index >= 15 is 0 Å². The lowest BCUT2D eigenvalue weighted by atomic mass is 9.98. The average Bonchev–Trinajstić information content (AvgIpc) is 2.68. The van der Waals surface area contributed by atoms with Crippen molar-refractivity contribution in [2.45, 2.75) is 31.6 Å². The molecule has 3 rings (SSSR count). The van der Waals surface area contributed by atoms with Crippen LogP contribution in [-0.2, 0) is 14.8 Å². The van der Waals surface area contributed by atoms with Gasteiger partial charge in [0.1, 0.15) is 13.2 Å². The number of anilines is 1. The lowest BCUT2D eigenvalue weighted by molar-refractivity contribution is -0.116.